The van der Waals surface area contributed by atoms with Crippen molar-refractivity contribution in [2.45, 2.75) is 88.2 Å². The molecule has 1 saturated heterocycles. The van der Waals surface area contributed by atoms with E-state index < -0.39 is 72.1 Å². The van der Waals surface area contributed by atoms with E-state index >= 15 is 0 Å². The van der Waals surface area contributed by atoms with Crippen molar-refractivity contribution in [1.82, 2.24) is 15.1 Å². The molecular weight excluding hydrogens is 815 g/mol. The highest BCUT2D eigenvalue weighted by Crippen LogP contribution is 2.47. The highest BCUT2D eigenvalue weighted by atomic mass is 16.8. The first-order valence-corrected chi connectivity index (χ1v) is 21.4. The van der Waals surface area contributed by atoms with Gasteiger partial charge in [-0.25, -0.2) is 4.79 Å². The van der Waals surface area contributed by atoms with E-state index in [2.05, 4.69) is 5.32 Å². The Labute approximate surface area is 374 Å². The smallest absolute Gasteiger partial charge is 0.338 e. The minimum absolute atomic E-state index is 0.0386. The first-order chi connectivity index (χ1) is 30.6. The quantitative estimate of drug-likeness (QED) is 0.101. The first-order valence-electron chi connectivity index (χ1n) is 21.4. The summed E-state index contributed by atoms with van der Waals surface area (Å²) in [5.74, 6) is -3.85. The highest BCUT2D eigenvalue weighted by molar-refractivity contribution is 5.98. The molecule has 13 heteroatoms. The molecule has 0 saturated carbocycles. The predicted molar refractivity (Wildman–Crippen MR) is 240 cm³/mol. The first kappa shape index (κ1) is 47.1. The van der Waals surface area contributed by atoms with Crippen LogP contribution in [0.1, 0.15) is 72.6 Å². The van der Waals surface area contributed by atoms with Crippen LogP contribution in [0.15, 0.2) is 133 Å². The van der Waals surface area contributed by atoms with Crippen LogP contribution < -0.4 is 5.32 Å². The lowest BCUT2D eigenvalue weighted by Crippen LogP contribution is -2.53. The van der Waals surface area contributed by atoms with E-state index in [1.54, 1.807) is 71.3 Å². The van der Waals surface area contributed by atoms with Gasteiger partial charge < -0.3 is 39.2 Å². The molecule has 1 aliphatic carbocycles. The van der Waals surface area contributed by atoms with E-state index in [-0.39, 0.29) is 42.7 Å². The lowest BCUT2D eigenvalue weighted by molar-refractivity contribution is -0.157. The summed E-state index contributed by atoms with van der Waals surface area (Å²) in [6.07, 6.45) is 2.04. The van der Waals surface area contributed by atoms with Crippen LogP contribution in [0, 0.1) is 0 Å². The van der Waals surface area contributed by atoms with Crippen LogP contribution >= 0.6 is 0 Å². The van der Waals surface area contributed by atoms with Gasteiger partial charge in [0, 0.05) is 63.2 Å². The molecule has 3 amide bonds. The van der Waals surface area contributed by atoms with Gasteiger partial charge in [-0.05, 0) is 62.6 Å². The Morgan fingerprint density at radius 2 is 1.48 bits per heavy atom. The minimum Gasteiger partial charge on any atom is -0.460 e. The Bertz CT molecular complexity index is 2290. The summed E-state index contributed by atoms with van der Waals surface area (Å²) in [7, 11) is 4.82. The normalized spacial score (nSPS) is 18.8. The molecule has 1 aliphatic heterocycles. The molecule has 4 aromatic carbocycles. The number of hydrogen-bond donors (Lipinski definition) is 2. The second-order valence-electron chi connectivity index (χ2n) is 17.2. The van der Waals surface area contributed by atoms with Gasteiger partial charge in [0.1, 0.15) is 30.0 Å². The topological polar surface area (TPSA) is 161 Å². The maximum absolute atomic E-state index is 14.8. The fourth-order valence-corrected chi connectivity index (χ4v) is 7.68. The maximum atomic E-state index is 14.8. The fraction of sp³-hybridized carbons (Fsp3) is 0.353. The molecule has 1 heterocycles. The van der Waals surface area contributed by atoms with Crippen LogP contribution in [0.3, 0.4) is 0 Å². The van der Waals surface area contributed by atoms with Gasteiger partial charge in [-0.3, -0.25) is 19.2 Å². The number of carbonyl (C=O) groups excluding carboxylic acids is 5. The summed E-state index contributed by atoms with van der Waals surface area (Å²) in [4.78, 5) is 70.7. The van der Waals surface area contributed by atoms with Gasteiger partial charge in [-0.1, -0.05) is 103 Å². The molecule has 1 fully saturated rings. The third-order valence-electron chi connectivity index (χ3n) is 10.9. The number of esters is 2. The summed E-state index contributed by atoms with van der Waals surface area (Å²) in [6, 6.07) is 32.8. The third-order valence-corrected chi connectivity index (χ3v) is 10.9. The second kappa shape index (κ2) is 20.8. The zero-order valence-electron chi connectivity index (χ0n) is 37.1. The third kappa shape index (κ3) is 11.8. The minimum atomic E-state index is -1.44. The van der Waals surface area contributed by atoms with Crippen molar-refractivity contribution < 1.29 is 48.0 Å². The molecule has 2 N–H and O–H groups in total. The molecule has 0 unspecified atom stereocenters. The SMILES string of the molecule is CN(C)C(=O)C=Cc1cccc(C(=O)O[C@@H]2CC(C(=O)N(C)[C@H](Cc3ccccc3)C(=O)N[C@H](CO)CCC(=O)OC(C)(C)C)=C[C@H]3OC(c4ccccc4)(c4ccccc4)O[C@H]32)c1. The molecule has 0 radical (unpaired) electrons. The maximum Gasteiger partial charge on any atom is 0.338 e. The Kier molecular flexibility index (Phi) is 15.3. The number of rotatable bonds is 16. The van der Waals surface area contributed by atoms with Gasteiger partial charge >= 0.3 is 11.9 Å². The zero-order valence-corrected chi connectivity index (χ0v) is 37.1. The highest BCUT2D eigenvalue weighted by Gasteiger charge is 2.55. The van der Waals surface area contributed by atoms with Gasteiger partial charge in [0.2, 0.25) is 23.5 Å². The van der Waals surface area contributed by atoms with E-state index in [1.807, 2.05) is 91.0 Å². The number of nitrogens with zero attached hydrogens (tertiary/aromatic N) is 2. The van der Waals surface area contributed by atoms with Gasteiger partial charge in [-0.2, -0.15) is 0 Å². The molecule has 5 atom stereocenters. The molecule has 6 rings (SSSR count). The van der Waals surface area contributed by atoms with Crippen molar-refractivity contribution in [2.24, 2.45) is 0 Å². The van der Waals surface area contributed by atoms with Crippen molar-refractivity contribution in [3.05, 3.63) is 161 Å². The molecule has 2 aliphatic rings. The van der Waals surface area contributed by atoms with E-state index in [9.17, 15) is 29.1 Å². The largest absolute Gasteiger partial charge is 0.460 e. The van der Waals surface area contributed by atoms with E-state index in [4.69, 9.17) is 18.9 Å². The van der Waals surface area contributed by atoms with Crippen LogP contribution in [0.2, 0.25) is 0 Å². The summed E-state index contributed by atoms with van der Waals surface area (Å²) in [6.45, 7) is 4.84. The van der Waals surface area contributed by atoms with Crippen LogP contribution in [0.4, 0.5) is 0 Å². The fourth-order valence-electron chi connectivity index (χ4n) is 7.68. The molecule has 64 heavy (non-hydrogen) atoms. The number of aliphatic hydroxyl groups is 1. The van der Waals surface area contributed by atoms with Crippen LogP contribution in [0.25, 0.3) is 6.08 Å². The summed E-state index contributed by atoms with van der Waals surface area (Å²) in [5, 5.41) is 13.1. The number of carbonyl (C=O) groups is 5. The average molecular weight is 872 g/mol. The number of benzene rings is 4. The molecule has 336 valence electrons. The molecule has 4 aromatic rings. The Hall–Kier alpha value is -6.41. The number of ether oxygens (including phenoxy) is 4. The molecule has 13 nitrogen and oxygen atoms in total. The van der Waals surface area contributed by atoms with Gasteiger partial charge in [-0.15, -0.1) is 0 Å². The molecule has 0 spiro atoms. The van der Waals surface area contributed by atoms with Crippen molar-refractivity contribution in [1.29, 1.82) is 0 Å². The van der Waals surface area contributed by atoms with Crippen LogP contribution in [-0.4, -0.2) is 108 Å². The van der Waals surface area contributed by atoms with Crippen molar-refractivity contribution in [3.63, 3.8) is 0 Å². The van der Waals surface area contributed by atoms with E-state index in [1.165, 1.54) is 22.9 Å². The van der Waals surface area contributed by atoms with Crippen LogP contribution in [-0.2, 0) is 50.3 Å². The van der Waals surface area contributed by atoms with E-state index in [0.717, 1.165) is 5.56 Å². The Morgan fingerprint density at radius 1 is 0.859 bits per heavy atom. The average Bonchev–Trinajstić information content (AvgIpc) is 3.70. The monoisotopic (exact) mass is 871 g/mol. The number of aliphatic hydroxyl groups excluding tert-OH is 1. The second-order valence-corrected chi connectivity index (χ2v) is 17.2. The van der Waals surface area contributed by atoms with Crippen molar-refractivity contribution >= 4 is 35.7 Å². The van der Waals surface area contributed by atoms with Gasteiger partial charge in [0.25, 0.3) is 0 Å². The lowest BCUT2D eigenvalue weighted by atomic mass is 9.90. The molecular formula is C51H57N3O10. The molecule has 0 aromatic heterocycles. The number of hydrogen-bond acceptors (Lipinski definition) is 10. The summed E-state index contributed by atoms with van der Waals surface area (Å²) in [5.41, 5.74) is 2.53. The van der Waals surface area contributed by atoms with Crippen molar-refractivity contribution in [3.8, 4) is 0 Å². The zero-order chi connectivity index (χ0) is 46.0. The number of nitrogens with one attached hydrogen (secondary N) is 1. The number of fused-ring (bicyclic) bond motifs is 1. The van der Waals surface area contributed by atoms with E-state index in [0.29, 0.717) is 16.7 Å². The summed E-state index contributed by atoms with van der Waals surface area (Å²) >= 11 is 0. The van der Waals surface area contributed by atoms with Gasteiger partial charge in [0.05, 0.1) is 18.2 Å². The number of likely N-dealkylation sites (N-methyl/N-ethyl adjacent to an activating group) is 2. The van der Waals surface area contributed by atoms with Crippen molar-refractivity contribution in [2.75, 3.05) is 27.7 Å². The predicted octanol–water partition coefficient (Wildman–Crippen LogP) is 6.00. The standard InChI is InChI=1S/C51H57N3O10/c1-50(2,3)63-45(57)28-26-40(33-55)52-47(58)41(30-34-17-10-7-11-18-34)54(6)48(59)37-31-42(61-49(60)36-20-16-19-35(29-36)25-27-44(56)53(4)5)46-43(32-37)62-51(64-46,38-21-12-8-13-22-38)39-23-14-9-15-24-39/h7-25,27,29,32,40-43,46,55H,26,28,30-31,33H2,1-6H3,(H,52,58)/t40-,41+,42+,43+,46-/m0/s1. The molecule has 0 bridgehead atoms. The Morgan fingerprint density at radius 3 is 2.08 bits per heavy atom. The Balaban J connectivity index is 1.32. The lowest BCUT2D eigenvalue weighted by Gasteiger charge is -2.34. The number of amides is 3. The van der Waals surface area contributed by atoms with Gasteiger partial charge in [0.15, 0.2) is 0 Å². The van der Waals surface area contributed by atoms with Crippen LogP contribution in [0.5, 0.6) is 0 Å². The summed E-state index contributed by atoms with van der Waals surface area (Å²) < 4.78 is 25.5.